The smallest absolute Gasteiger partial charge is 0.390 e. The number of halogens is 3. The Kier molecular flexibility index (Phi) is 2.80. The summed E-state index contributed by atoms with van der Waals surface area (Å²) >= 11 is 0. The van der Waals surface area contributed by atoms with E-state index in [1.54, 1.807) is 0 Å². The minimum atomic E-state index is -4.81. The molecule has 1 heterocycles. The van der Waals surface area contributed by atoms with Crippen LogP contribution in [0.3, 0.4) is 0 Å². The summed E-state index contributed by atoms with van der Waals surface area (Å²) < 4.78 is 38.5. The number of pyridine rings is 1. The van der Waals surface area contributed by atoms with Crippen molar-refractivity contribution in [1.82, 2.24) is 4.98 Å². The fraction of sp³-hybridized carbons (Fsp3) is 0.286. The highest BCUT2D eigenvalue weighted by atomic mass is 19.4. The fourth-order valence-corrected chi connectivity index (χ4v) is 0.826. The first-order valence-corrected chi connectivity index (χ1v) is 3.60. The molecule has 0 aliphatic carbocycles. The van der Waals surface area contributed by atoms with Crippen LogP contribution in [0.2, 0.25) is 0 Å². The maximum atomic E-state index is 11.7. The Balaban J connectivity index is 2.93. The number of ether oxygens (including phenoxy) is 1. The first-order valence-electron chi connectivity index (χ1n) is 3.60. The van der Waals surface area contributed by atoms with Crippen molar-refractivity contribution in [3.05, 3.63) is 28.0 Å². The van der Waals surface area contributed by atoms with Crippen LogP contribution in [0.5, 0.6) is 5.88 Å². The minimum Gasteiger partial charge on any atom is -0.390 e. The van der Waals surface area contributed by atoms with Gasteiger partial charge < -0.3 is 15.5 Å². The molecule has 0 spiro atoms. The van der Waals surface area contributed by atoms with Gasteiger partial charge in [0.2, 0.25) is 5.88 Å². The highest BCUT2D eigenvalue weighted by molar-refractivity contribution is 5.18. The average molecular weight is 208 g/mol. The Morgan fingerprint density at radius 2 is 2.14 bits per heavy atom. The molecule has 0 unspecified atom stereocenters. The number of H-pyrrole nitrogens is 1. The van der Waals surface area contributed by atoms with Gasteiger partial charge in [0.25, 0.3) is 0 Å². The van der Waals surface area contributed by atoms with Gasteiger partial charge in [0.05, 0.1) is 0 Å². The molecule has 1 aromatic heterocycles. The summed E-state index contributed by atoms with van der Waals surface area (Å²) in [5.41, 5.74) is 4.75. The Hall–Kier alpha value is -1.50. The molecule has 0 aliphatic heterocycles. The SMILES string of the molecule is NCc1c[nH]c(OC(F)(F)F)cc1=O. The number of nitrogens with one attached hydrogen (secondary N) is 1. The van der Waals surface area contributed by atoms with Crippen LogP contribution < -0.4 is 15.9 Å². The zero-order chi connectivity index (χ0) is 10.8. The summed E-state index contributed by atoms with van der Waals surface area (Å²) in [5, 5.41) is 0. The second-order valence-electron chi connectivity index (χ2n) is 2.44. The zero-order valence-electron chi connectivity index (χ0n) is 6.89. The second-order valence-corrected chi connectivity index (χ2v) is 2.44. The van der Waals surface area contributed by atoms with Gasteiger partial charge >= 0.3 is 6.36 Å². The van der Waals surface area contributed by atoms with Crippen LogP contribution in [-0.2, 0) is 6.54 Å². The molecule has 1 aromatic rings. The molecule has 7 heteroatoms. The number of hydrogen-bond donors (Lipinski definition) is 2. The summed E-state index contributed by atoms with van der Waals surface area (Å²) in [6, 6.07) is 0.704. The molecule has 1 rings (SSSR count). The number of aromatic nitrogens is 1. The third kappa shape index (κ3) is 2.77. The van der Waals surface area contributed by atoms with Crippen molar-refractivity contribution >= 4 is 0 Å². The lowest BCUT2D eigenvalue weighted by Gasteiger charge is -2.08. The molecular formula is C7H7F3N2O2. The van der Waals surface area contributed by atoms with Crippen LogP contribution in [0.1, 0.15) is 5.56 Å². The van der Waals surface area contributed by atoms with E-state index in [1.807, 2.05) is 0 Å². The van der Waals surface area contributed by atoms with Crippen molar-refractivity contribution < 1.29 is 17.9 Å². The topological polar surface area (TPSA) is 68.1 Å². The lowest BCUT2D eigenvalue weighted by molar-refractivity contribution is -0.276. The van der Waals surface area contributed by atoms with Crippen LogP contribution >= 0.6 is 0 Å². The van der Waals surface area contributed by atoms with Crippen molar-refractivity contribution in [2.24, 2.45) is 5.73 Å². The maximum Gasteiger partial charge on any atom is 0.574 e. The van der Waals surface area contributed by atoms with E-state index in [0.29, 0.717) is 6.07 Å². The summed E-state index contributed by atoms with van der Waals surface area (Å²) in [6.45, 7) is -0.0400. The van der Waals surface area contributed by atoms with E-state index in [0.717, 1.165) is 6.20 Å². The molecule has 0 bridgehead atoms. The highest BCUT2D eigenvalue weighted by Crippen LogP contribution is 2.19. The number of aromatic amines is 1. The summed E-state index contributed by atoms with van der Waals surface area (Å²) in [7, 11) is 0. The molecular weight excluding hydrogens is 201 g/mol. The Morgan fingerprint density at radius 1 is 1.50 bits per heavy atom. The maximum absolute atomic E-state index is 11.7. The molecule has 0 saturated carbocycles. The largest absolute Gasteiger partial charge is 0.574 e. The molecule has 78 valence electrons. The molecule has 0 fully saturated rings. The fourth-order valence-electron chi connectivity index (χ4n) is 0.826. The predicted octanol–water partition coefficient (Wildman–Crippen LogP) is 0.732. The van der Waals surface area contributed by atoms with Crippen LogP contribution in [-0.4, -0.2) is 11.3 Å². The third-order valence-corrected chi connectivity index (χ3v) is 1.41. The van der Waals surface area contributed by atoms with Gasteiger partial charge in [-0.2, -0.15) is 0 Å². The van der Waals surface area contributed by atoms with Crippen LogP contribution in [0.15, 0.2) is 17.1 Å². The van der Waals surface area contributed by atoms with Crippen molar-refractivity contribution in [3.63, 3.8) is 0 Å². The monoisotopic (exact) mass is 208 g/mol. The van der Waals surface area contributed by atoms with Gasteiger partial charge in [-0.25, -0.2) is 0 Å². The molecule has 0 amide bonds. The second kappa shape index (κ2) is 3.70. The predicted molar refractivity (Wildman–Crippen MR) is 41.6 cm³/mol. The normalized spacial score (nSPS) is 11.4. The lowest BCUT2D eigenvalue weighted by atomic mass is 10.3. The Morgan fingerprint density at radius 3 is 2.57 bits per heavy atom. The highest BCUT2D eigenvalue weighted by Gasteiger charge is 2.31. The van der Waals surface area contributed by atoms with Gasteiger partial charge in [-0.15, -0.1) is 13.2 Å². The standard InChI is InChI=1S/C7H7F3N2O2/c8-7(9,10)14-6-1-5(13)4(2-11)3-12-6/h1,3H,2,11H2,(H,12,13). The van der Waals surface area contributed by atoms with Gasteiger partial charge in [0.1, 0.15) is 0 Å². The van der Waals surface area contributed by atoms with Gasteiger partial charge in [-0.1, -0.05) is 0 Å². The molecule has 4 nitrogen and oxygen atoms in total. The number of hydrogen-bond acceptors (Lipinski definition) is 3. The van der Waals surface area contributed by atoms with Crippen molar-refractivity contribution in [2.75, 3.05) is 0 Å². The van der Waals surface area contributed by atoms with Crippen LogP contribution in [0, 0.1) is 0 Å². The summed E-state index contributed by atoms with van der Waals surface area (Å²) in [6.07, 6.45) is -3.73. The van der Waals surface area contributed by atoms with E-state index in [-0.39, 0.29) is 12.1 Å². The van der Waals surface area contributed by atoms with E-state index >= 15 is 0 Å². The van der Waals surface area contributed by atoms with Gasteiger partial charge in [0, 0.05) is 24.4 Å². The number of nitrogens with two attached hydrogens (primary N) is 1. The summed E-state index contributed by atoms with van der Waals surface area (Å²) in [5.74, 6) is -0.653. The van der Waals surface area contributed by atoms with Gasteiger partial charge in [-0.3, -0.25) is 4.79 Å². The van der Waals surface area contributed by atoms with E-state index < -0.39 is 17.7 Å². The van der Waals surface area contributed by atoms with E-state index in [4.69, 9.17) is 5.73 Å². The molecule has 14 heavy (non-hydrogen) atoms. The first-order chi connectivity index (χ1) is 6.42. The van der Waals surface area contributed by atoms with E-state index in [9.17, 15) is 18.0 Å². The Labute approximate surface area is 76.5 Å². The number of alkyl halides is 3. The quantitative estimate of drug-likeness (QED) is 0.752. The van der Waals surface area contributed by atoms with E-state index in [1.165, 1.54) is 0 Å². The van der Waals surface area contributed by atoms with Gasteiger partial charge in [-0.05, 0) is 0 Å². The van der Waals surface area contributed by atoms with Crippen LogP contribution in [0.25, 0.3) is 0 Å². The van der Waals surface area contributed by atoms with Crippen LogP contribution in [0.4, 0.5) is 13.2 Å². The van der Waals surface area contributed by atoms with Crippen molar-refractivity contribution in [2.45, 2.75) is 12.9 Å². The summed E-state index contributed by atoms with van der Waals surface area (Å²) in [4.78, 5) is 13.2. The molecule has 0 aliphatic rings. The molecule has 0 saturated heterocycles. The first kappa shape index (κ1) is 10.6. The van der Waals surface area contributed by atoms with E-state index in [2.05, 4.69) is 9.72 Å². The van der Waals surface area contributed by atoms with Crippen molar-refractivity contribution in [3.8, 4) is 5.88 Å². The molecule has 3 N–H and O–H groups in total. The number of rotatable bonds is 2. The molecule has 0 aromatic carbocycles. The van der Waals surface area contributed by atoms with Crippen molar-refractivity contribution in [1.29, 1.82) is 0 Å². The molecule has 0 radical (unpaired) electrons. The zero-order valence-corrected chi connectivity index (χ0v) is 6.89. The van der Waals surface area contributed by atoms with Gasteiger partial charge in [0.15, 0.2) is 5.43 Å². The molecule has 0 atom stereocenters. The lowest BCUT2D eigenvalue weighted by Crippen LogP contribution is -2.20. The Bertz CT molecular complexity index is 372. The third-order valence-electron chi connectivity index (χ3n) is 1.41. The average Bonchev–Trinajstić information content (AvgIpc) is 2.01. The minimum absolute atomic E-state index is 0.0400.